The summed E-state index contributed by atoms with van der Waals surface area (Å²) in [6.45, 7) is 4.29. The fraction of sp³-hybridized carbons (Fsp3) is 0.846. The quantitative estimate of drug-likeness (QED) is 0.826. The molecule has 3 heteroatoms. The van der Waals surface area contributed by atoms with Gasteiger partial charge in [-0.05, 0) is 12.8 Å². The van der Waals surface area contributed by atoms with Gasteiger partial charge < -0.3 is 0 Å². The Labute approximate surface area is 98.1 Å². The second-order valence-electron chi connectivity index (χ2n) is 5.28. The van der Waals surface area contributed by atoms with Gasteiger partial charge in [0.05, 0.1) is 0 Å². The lowest BCUT2D eigenvalue weighted by atomic mass is 9.91. The van der Waals surface area contributed by atoms with E-state index >= 15 is 0 Å². The van der Waals surface area contributed by atoms with E-state index in [1.54, 1.807) is 0 Å². The van der Waals surface area contributed by atoms with Crippen molar-refractivity contribution in [2.45, 2.75) is 70.6 Å². The van der Waals surface area contributed by atoms with E-state index in [9.17, 15) is 0 Å². The number of H-pyrrole nitrogens is 1. The Balaban J connectivity index is 2.02. The van der Waals surface area contributed by atoms with Crippen molar-refractivity contribution in [1.82, 2.24) is 15.2 Å². The van der Waals surface area contributed by atoms with E-state index in [0.29, 0.717) is 11.8 Å². The number of nitrogens with one attached hydrogen (secondary N) is 1. The van der Waals surface area contributed by atoms with Crippen molar-refractivity contribution < 1.29 is 0 Å². The number of rotatable bonds is 2. The SMILES string of the molecule is CC(C)c1n[nH]c(C2CCCCCCC2)n1. The van der Waals surface area contributed by atoms with E-state index in [2.05, 4.69) is 29.0 Å². The Bertz CT molecular complexity index is 309. The molecule has 0 aromatic carbocycles. The average molecular weight is 221 g/mol. The standard InChI is InChI=1S/C13H23N3/c1-10(2)12-14-13(16-15-12)11-8-6-4-3-5-7-9-11/h10-11H,3-9H2,1-2H3,(H,14,15,16). The highest BCUT2D eigenvalue weighted by atomic mass is 15.2. The molecule has 0 spiro atoms. The zero-order chi connectivity index (χ0) is 11.4. The molecule has 0 aliphatic heterocycles. The minimum absolute atomic E-state index is 0.429. The van der Waals surface area contributed by atoms with Gasteiger partial charge in [-0.3, -0.25) is 5.10 Å². The van der Waals surface area contributed by atoms with Crippen molar-refractivity contribution in [2.75, 3.05) is 0 Å². The fourth-order valence-electron chi connectivity index (χ4n) is 2.46. The van der Waals surface area contributed by atoms with E-state index < -0.39 is 0 Å². The summed E-state index contributed by atoms with van der Waals surface area (Å²) in [6.07, 6.45) is 9.47. The summed E-state index contributed by atoms with van der Waals surface area (Å²) in [5.41, 5.74) is 0. The number of hydrogen-bond acceptors (Lipinski definition) is 2. The Hall–Kier alpha value is -0.860. The van der Waals surface area contributed by atoms with Crippen LogP contribution in [0.5, 0.6) is 0 Å². The smallest absolute Gasteiger partial charge is 0.153 e. The van der Waals surface area contributed by atoms with Crippen molar-refractivity contribution in [3.63, 3.8) is 0 Å². The molecule has 16 heavy (non-hydrogen) atoms. The molecule has 1 N–H and O–H groups in total. The number of aromatic nitrogens is 3. The van der Waals surface area contributed by atoms with E-state index in [0.717, 1.165) is 11.6 Å². The third kappa shape index (κ3) is 2.83. The zero-order valence-electron chi connectivity index (χ0n) is 10.5. The van der Waals surface area contributed by atoms with Gasteiger partial charge in [-0.25, -0.2) is 4.98 Å². The lowest BCUT2D eigenvalue weighted by Gasteiger charge is -2.16. The number of hydrogen-bond donors (Lipinski definition) is 1. The maximum absolute atomic E-state index is 4.64. The number of aromatic amines is 1. The van der Waals surface area contributed by atoms with Crippen molar-refractivity contribution in [3.05, 3.63) is 11.6 Å². The van der Waals surface area contributed by atoms with Gasteiger partial charge in [-0.15, -0.1) is 0 Å². The van der Waals surface area contributed by atoms with Gasteiger partial charge in [-0.1, -0.05) is 46.0 Å². The van der Waals surface area contributed by atoms with Gasteiger partial charge in [0.25, 0.3) is 0 Å². The first kappa shape index (κ1) is 11.6. The van der Waals surface area contributed by atoms with E-state index in [1.165, 1.54) is 44.9 Å². The first-order valence-corrected chi connectivity index (χ1v) is 6.69. The lowest BCUT2D eigenvalue weighted by molar-refractivity contribution is 0.443. The molecular formula is C13H23N3. The van der Waals surface area contributed by atoms with Crippen LogP contribution in [0.15, 0.2) is 0 Å². The van der Waals surface area contributed by atoms with Crippen molar-refractivity contribution in [3.8, 4) is 0 Å². The highest BCUT2D eigenvalue weighted by Crippen LogP contribution is 2.29. The Morgan fingerprint density at radius 3 is 2.25 bits per heavy atom. The predicted molar refractivity (Wildman–Crippen MR) is 65.5 cm³/mol. The van der Waals surface area contributed by atoms with Gasteiger partial charge in [0, 0.05) is 11.8 Å². The van der Waals surface area contributed by atoms with Gasteiger partial charge in [0.1, 0.15) is 5.82 Å². The Kier molecular flexibility index (Phi) is 3.97. The second kappa shape index (κ2) is 5.46. The molecule has 3 nitrogen and oxygen atoms in total. The maximum Gasteiger partial charge on any atom is 0.153 e. The van der Waals surface area contributed by atoms with Gasteiger partial charge in [0.15, 0.2) is 5.82 Å². The maximum atomic E-state index is 4.64. The average Bonchev–Trinajstić information content (AvgIpc) is 2.66. The van der Waals surface area contributed by atoms with Crippen LogP contribution in [0.3, 0.4) is 0 Å². The minimum atomic E-state index is 0.429. The Morgan fingerprint density at radius 2 is 1.69 bits per heavy atom. The van der Waals surface area contributed by atoms with Crippen LogP contribution in [-0.4, -0.2) is 15.2 Å². The van der Waals surface area contributed by atoms with Crippen LogP contribution in [0.4, 0.5) is 0 Å². The fourth-order valence-corrected chi connectivity index (χ4v) is 2.46. The molecule has 0 atom stereocenters. The molecule has 1 saturated carbocycles. The normalized spacial score (nSPS) is 19.7. The molecule has 0 unspecified atom stereocenters. The topological polar surface area (TPSA) is 41.6 Å². The molecule has 0 saturated heterocycles. The summed E-state index contributed by atoms with van der Waals surface area (Å²) in [6, 6.07) is 0. The monoisotopic (exact) mass is 221 g/mol. The van der Waals surface area contributed by atoms with Crippen LogP contribution in [-0.2, 0) is 0 Å². The van der Waals surface area contributed by atoms with Crippen LogP contribution in [0, 0.1) is 0 Å². The van der Waals surface area contributed by atoms with Crippen LogP contribution in [0.25, 0.3) is 0 Å². The number of nitrogens with zero attached hydrogens (tertiary/aromatic N) is 2. The van der Waals surface area contributed by atoms with E-state index in [4.69, 9.17) is 0 Å². The molecule has 1 aliphatic rings. The molecule has 1 aromatic rings. The second-order valence-corrected chi connectivity index (χ2v) is 5.28. The predicted octanol–water partition coefficient (Wildman–Crippen LogP) is 3.76. The molecular weight excluding hydrogens is 198 g/mol. The molecule has 0 radical (unpaired) electrons. The lowest BCUT2D eigenvalue weighted by Crippen LogP contribution is -2.04. The summed E-state index contributed by atoms with van der Waals surface area (Å²) in [5, 5.41) is 7.45. The molecule has 2 rings (SSSR count). The van der Waals surface area contributed by atoms with Crippen LogP contribution >= 0.6 is 0 Å². The highest BCUT2D eigenvalue weighted by Gasteiger charge is 2.18. The first-order valence-electron chi connectivity index (χ1n) is 6.69. The Morgan fingerprint density at radius 1 is 1.06 bits per heavy atom. The molecule has 0 bridgehead atoms. The zero-order valence-corrected chi connectivity index (χ0v) is 10.5. The van der Waals surface area contributed by atoms with Crippen molar-refractivity contribution >= 4 is 0 Å². The van der Waals surface area contributed by atoms with Crippen LogP contribution < -0.4 is 0 Å². The van der Waals surface area contributed by atoms with Crippen LogP contribution in [0.2, 0.25) is 0 Å². The third-order valence-corrected chi connectivity index (χ3v) is 3.53. The summed E-state index contributed by atoms with van der Waals surface area (Å²) >= 11 is 0. The first-order chi connectivity index (χ1) is 7.77. The molecule has 1 aliphatic carbocycles. The third-order valence-electron chi connectivity index (χ3n) is 3.53. The molecule has 1 fully saturated rings. The summed E-state index contributed by atoms with van der Waals surface area (Å²) in [4.78, 5) is 4.64. The largest absolute Gasteiger partial charge is 0.263 e. The molecule has 1 heterocycles. The summed E-state index contributed by atoms with van der Waals surface area (Å²) < 4.78 is 0. The van der Waals surface area contributed by atoms with Gasteiger partial charge >= 0.3 is 0 Å². The van der Waals surface area contributed by atoms with Gasteiger partial charge in [0.2, 0.25) is 0 Å². The van der Waals surface area contributed by atoms with Crippen molar-refractivity contribution in [1.29, 1.82) is 0 Å². The summed E-state index contributed by atoms with van der Waals surface area (Å²) in [7, 11) is 0. The van der Waals surface area contributed by atoms with E-state index in [1.807, 2.05) is 0 Å². The highest BCUT2D eigenvalue weighted by molar-refractivity contribution is 5.00. The molecule has 1 aromatic heterocycles. The van der Waals surface area contributed by atoms with Crippen LogP contribution in [0.1, 0.15) is 82.3 Å². The molecule has 0 amide bonds. The van der Waals surface area contributed by atoms with Crippen molar-refractivity contribution in [2.24, 2.45) is 0 Å². The molecule has 90 valence electrons. The van der Waals surface area contributed by atoms with E-state index in [-0.39, 0.29) is 0 Å². The summed E-state index contributed by atoms with van der Waals surface area (Å²) in [5.74, 6) is 3.15. The minimum Gasteiger partial charge on any atom is -0.263 e. The van der Waals surface area contributed by atoms with Gasteiger partial charge in [-0.2, -0.15) is 5.10 Å².